The van der Waals surface area contributed by atoms with Crippen molar-refractivity contribution in [3.05, 3.63) is 12.2 Å². The zero-order chi connectivity index (χ0) is 5.28. The molecule has 0 aromatic carbocycles. The number of hydrogen-bond donors (Lipinski definition) is 0. The van der Waals surface area contributed by atoms with Crippen molar-refractivity contribution in [2.45, 2.75) is 6.92 Å². The smallest absolute Gasteiger partial charge is 0.0188 e. The van der Waals surface area contributed by atoms with E-state index in [0.717, 1.165) is 6.54 Å². The highest BCUT2D eigenvalue weighted by atomic mass is 15.2. The van der Waals surface area contributed by atoms with Crippen molar-refractivity contribution >= 4 is 0 Å². The summed E-state index contributed by atoms with van der Waals surface area (Å²) in [6.45, 7) is 9.54. The van der Waals surface area contributed by atoms with Gasteiger partial charge in [-0.1, -0.05) is 12.2 Å². The van der Waals surface area contributed by atoms with Crippen LogP contribution < -0.4 is 0 Å². The zero-order valence-corrected chi connectivity index (χ0v) is 4.78. The Morgan fingerprint density at radius 3 is 2.43 bits per heavy atom. The predicted molar refractivity (Wildman–Crippen MR) is 31.3 cm³/mol. The maximum Gasteiger partial charge on any atom is 0.0188 e. The van der Waals surface area contributed by atoms with Crippen molar-refractivity contribution in [3.63, 3.8) is 0 Å². The molecule has 0 unspecified atom stereocenters. The van der Waals surface area contributed by atoms with Crippen LogP contribution >= 0.6 is 0 Å². The summed E-state index contributed by atoms with van der Waals surface area (Å²) in [5, 5.41) is 0. The third-order valence-corrected chi connectivity index (χ3v) is 1.03. The summed E-state index contributed by atoms with van der Waals surface area (Å²) in [4.78, 5) is 2.35. The summed E-state index contributed by atoms with van der Waals surface area (Å²) in [6.07, 6.45) is 0. The van der Waals surface area contributed by atoms with Gasteiger partial charge >= 0.3 is 0 Å². The van der Waals surface area contributed by atoms with Crippen molar-refractivity contribution in [1.29, 1.82) is 0 Å². The minimum atomic E-state index is 1.11. The van der Waals surface area contributed by atoms with E-state index in [1.807, 2.05) is 0 Å². The molecule has 1 nitrogen and oxygen atoms in total. The molecule has 1 heteroatoms. The van der Waals surface area contributed by atoms with Gasteiger partial charge in [0.25, 0.3) is 0 Å². The summed E-state index contributed by atoms with van der Waals surface area (Å²) in [6, 6.07) is 0. The molecule has 1 rings (SSSR count). The Labute approximate surface area is 44.6 Å². The van der Waals surface area contributed by atoms with Crippen LogP contribution in [0.15, 0.2) is 12.2 Å². The van der Waals surface area contributed by atoms with E-state index in [2.05, 4.69) is 18.4 Å². The average molecular weight is 97.2 g/mol. The molecule has 0 atom stereocenters. The number of hydrogen-bond acceptors (Lipinski definition) is 1. The highest BCUT2D eigenvalue weighted by Crippen LogP contribution is 2.04. The lowest BCUT2D eigenvalue weighted by molar-refractivity contribution is 0.611. The normalized spacial score (nSPS) is 19.6. The van der Waals surface area contributed by atoms with Crippen LogP contribution in [0.1, 0.15) is 6.92 Å². The second-order valence-corrected chi connectivity index (χ2v) is 2.23. The highest BCUT2D eigenvalue weighted by molar-refractivity contribution is 4.95. The molecule has 0 aliphatic carbocycles. The SMILES string of the molecule is C=C(C)CN1CC1. The second-order valence-electron chi connectivity index (χ2n) is 2.23. The van der Waals surface area contributed by atoms with Crippen LogP contribution in [-0.2, 0) is 0 Å². The summed E-state index contributed by atoms with van der Waals surface area (Å²) < 4.78 is 0. The summed E-state index contributed by atoms with van der Waals surface area (Å²) in [5.41, 5.74) is 1.28. The third kappa shape index (κ3) is 1.74. The molecule has 0 aromatic heterocycles. The van der Waals surface area contributed by atoms with E-state index in [4.69, 9.17) is 0 Å². The van der Waals surface area contributed by atoms with E-state index in [-0.39, 0.29) is 0 Å². The molecule has 0 aromatic rings. The van der Waals surface area contributed by atoms with E-state index >= 15 is 0 Å². The van der Waals surface area contributed by atoms with E-state index in [1.165, 1.54) is 18.7 Å². The molecule has 0 amide bonds. The Kier molecular flexibility index (Phi) is 1.15. The average Bonchev–Trinajstić information content (AvgIpc) is 2.17. The van der Waals surface area contributed by atoms with E-state index < -0.39 is 0 Å². The first-order chi connectivity index (χ1) is 3.29. The molecule has 7 heavy (non-hydrogen) atoms. The Morgan fingerprint density at radius 1 is 1.71 bits per heavy atom. The quantitative estimate of drug-likeness (QED) is 0.365. The molecule has 1 aliphatic heterocycles. The maximum atomic E-state index is 3.79. The zero-order valence-electron chi connectivity index (χ0n) is 4.78. The number of rotatable bonds is 2. The lowest BCUT2D eigenvalue weighted by Crippen LogP contribution is -1.97. The van der Waals surface area contributed by atoms with Gasteiger partial charge in [0, 0.05) is 19.6 Å². The number of nitrogens with zero attached hydrogens (tertiary/aromatic N) is 1. The fourth-order valence-corrected chi connectivity index (χ4v) is 0.611. The molecule has 1 saturated heterocycles. The molecular weight excluding hydrogens is 86.1 g/mol. The minimum Gasteiger partial charge on any atom is -0.297 e. The lowest BCUT2D eigenvalue weighted by Gasteiger charge is -1.94. The molecule has 0 saturated carbocycles. The van der Waals surface area contributed by atoms with E-state index in [1.54, 1.807) is 0 Å². The van der Waals surface area contributed by atoms with Crippen molar-refractivity contribution < 1.29 is 0 Å². The van der Waals surface area contributed by atoms with E-state index in [9.17, 15) is 0 Å². The Morgan fingerprint density at radius 2 is 2.29 bits per heavy atom. The Balaban J connectivity index is 2.08. The minimum absolute atomic E-state index is 1.11. The highest BCUT2D eigenvalue weighted by Gasteiger charge is 2.15. The predicted octanol–water partition coefficient (Wildman–Crippen LogP) is 0.878. The van der Waals surface area contributed by atoms with Crippen LogP contribution in [0.2, 0.25) is 0 Å². The fourth-order valence-electron chi connectivity index (χ4n) is 0.611. The largest absolute Gasteiger partial charge is 0.297 e. The fraction of sp³-hybridized carbons (Fsp3) is 0.667. The third-order valence-electron chi connectivity index (χ3n) is 1.03. The van der Waals surface area contributed by atoms with Crippen LogP contribution in [0.4, 0.5) is 0 Å². The first-order valence-corrected chi connectivity index (χ1v) is 2.66. The molecule has 1 aliphatic rings. The van der Waals surface area contributed by atoms with Crippen LogP contribution in [0.3, 0.4) is 0 Å². The van der Waals surface area contributed by atoms with Crippen molar-refractivity contribution in [3.8, 4) is 0 Å². The molecule has 0 radical (unpaired) electrons. The van der Waals surface area contributed by atoms with Gasteiger partial charge in [0.15, 0.2) is 0 Å². The van der Waals surface area contributed by atoms with Crippen LogP contribution in [0.25, 0.3) is 0 Å². The lowest BCUT2D eigenvalue weighted by atomic mass is 10.4. The van der Waals surface area contributed by atoms with Crippen molar-refractivity contribution in [1.82, 2.24) is 4.90 Å². The first-order valence-electron chi connectivity index (χ1n) is 2.66. The molecule has 0 spiro atoms. The van der Waals surface area contributed by atoms with Gasteiger partial charge in [0.1, 0.15) is 0 Å². The maximum absolute atomic E-state index is 3.79. The monoisotopic (exact) mass is 97.1 g/mol. The van der Waals surface area contributed by atoms with Crippen LogP contribution in [-0.4, -0.2) is 24.5 Å². The second kappa shape index (κ2) is 1.66. The van der Waals surface area contributed by atoms with Crippen molar-refractivity contribution in [2.75, 3.05) is 19.6 Å². The summed E-state index contributed by atoms with van der Waals surface area (Å²) in [5.74, 6) is 0. The van der Waals surface area contributed by atoms with Crippen molar-refractivity contribution in [2.24, 2.45) is 0 Å². The topological polar surface area (TPSA) is 3.01 Å². The first kappa shape index (κ1) is 4.85. The molecule has 40 valence electrons. The van der Waals surface area contributed by atoms with Gasteiger partial charge in [0.05, 0.1) is 0 Å². The van der Waals surface area contributed by atoms with Gasteiger partial charge in [-0.3, -0.25) is 4.90 Å². The molecular formula is C6H11N. The molecule has 1 heterocycles. The standard InChI is InChI=1S/C6H11N/c1-6(2)5-7-3-4-7/h1,3-5H2,2H3. The molecule has 1 fully saturated rings. The van der Waals surface area contributed by atoms with Gasteiger partial charge in [-0.2, -0.15) is 0 Å². The van der Waals surface area contributed by atoms with Gasteiger partial charge < -0.3 is 0 Å². The Hall–Kier alpha value is -0.300. The van der Waals surface area contributed by atoms with Gasteiger partial charge in [0.2, 0.25) is 0 Å². The summed E-state index contributed by atoms with van der Waals surface area (Å²) >= 11 is 0. The van der Waals surface area contributed by atoms with Gasteiger partial charge in [-0.25, -0.2) is 0 Å². The molecule has 0 bridgehead atoms. The Bertz CT molecular complexity index is 82.2. The van der Waals surface area contributed by atoms with Gasteiger partial charge in [-0.05, 0) is 6.92 Å². The van der Waals surface area contributed by atoms with Gasteiger partial charge in [-0.15, -0.1) is 0 Å². The summed E-state index contributed by atoms with van der Waals surface area (Å²) in [7, 11) is 0. The van der Waals surface area contributed by atoms with Crippen LogP contribution in [0, 0.1) is 0 Å². The van der Waals surface area contributed by atoms with Crippen LogP contribution in [0.5, 0.6) is 0 Å². The van der Waals surface area contributed by atoms with E-state index in [0.29, 0.717) is 0 Å². The molecule has 0 N–H and O–H groups in total.